The van der Waals surface area contributed by atoms with Crippen LogP contribution in [-0.4, -0.2) is 45.5 Å². The van der Waals surface area contributed by atoms with Crippen LogP contribution in [0.5, 0.6) is 0 Å². The maximum absolute atomic E-state index is 12.9. The summed E-state index contributed by atoms with van der Waals surface area (Å²) in [5.41, 5.74) is 2.00. The number of aryl methyl sites for hydroxylation is 3. The summed E-state index contributed by atoms with van der Waals surface area (Å²) in [5, 5.41) is 17.7. The van der Waals surface area contributed by atoms with Crippen LogP contribution >= 0.6 is 0 Å². The van der Waals surface area contributed by atoms with Crippen LogP contribution in [0.1, 0.15) is 57.2 Å². The zero-order chi connectivity index (χ0) is 25.6. The van der Waals surface area contributed by atoms with E-state index < -0.39 is 36.6 Å². The van der Waals surface area contributed by atoms with Gasteiger partial charge in [-0.1, -0.05) is 44.2 Å². The fraction of sp³-hybridized carbons (Fsp3) is 0.480. The number of halogens is 1. The van der Waals surface area contributed by atoms with Crippen molar-refractivity contribution in [3.05, 3.63) is 69.6 Å². The van der Waals surface area contributed by atoms with Gasteiger partial charge in [-0.3, -0.25) is 14.4 Å². The molecular weight excluding hydrogens is 427 g/mol. The zero-order valence-corrected chi connectivity index (χ0v) is 20.3. The Morgan fingerprint density at radius 3 is 2.12 bits per heavy atom. The number of benzene rings is 1. The number of aliphatic hydroxyl groups is 2. The first-order chi connectivity index (χ1) is 15.6. The number of amides is 1. The maximum Gasteiger partial charge on any atom is 0.254 e. The van der Waals surface area contributed by atoms with Crippen molar-refractivity contribution in [1.29, 1.82) is 0 Å². The van der Waals surface area contributed by atoms with Crippen molar-refractivity contribution in [2.24, 2.45) is 0 Å². The second-order valence-electron chi connectivity index (χ2n) is 7.33. The molecule has 1 heterocycles. The number of rotatable bonds is 8. The van der Waals surface area contributed by atoms with E-state index in [1.165, 1.54) is 13.8 Å². The van der Waals surface area contributed by atoms with Gasteiger partial charge in [-0.25, -0.2) is 4.39 Å². The minimum Gasteiger partial charge on any atom is -0.368 e. The van der Waals surface area contributed by atoms with Crippen molar-refractivity contribution >= 4 is 11.7 Å². The van der Waals surface area contributed by atoms with E-state index in [0.29, 0.717) is 24.1 Å². The summed E-state index contributed by atoms with van der Waals surface area (Å²) in [5.74, 6) is -1.90. The molecule has 0 saturated heterocycles. The lowest BCUT2D eigenvalue weighted by Gasteiger charge is -2.18. The van der Waals surface area contributed by atoms with E-state index in [0.717, 1.165) is 5.56 Å². The van der Waals surface area contributed by atoms with Crippen LogP contribution in [0.25, 0.3) is 0 Å². The molecule has 2 atom stereocenters. The molecule has 1 aromatic heterocycles. The lowest BCUT2D eigenvalue weighted by Crippen LogP contribution is -2.42. The molecular formula is C25H37FN2O5. The Labute approximate surface area is 195 Å². The molecule has 33 heavy (non-hydrogen) atoms. The van der Waals surface area contributed by atoms with Crippen LogP contribution in [0.4, 0.5) is 4.39 Å². The highest BCUT2D eigenvalue weighted by molar-refractivity contribution is 5.91. The van der Waals surface area contributed by atoms with E-state index in [-0.39, 0.29) is 5.56 Å². The van der Waals surface area contributed by atoms with Crippen LogP contribution < -0.4 is 10.9 Å². The average Bonchev–Trinajstić information content (AvgIpc) is 2.79. The van der Waals surface area contributed by atoms with E-state index in [2.05, 4.69) is 5.32 Å². The second kappa shape index (κ2) is 15.9. The third-order valence-electron chi connectivity index (χ3n) is 4.70. The molecule has 1 aromatic carbocycles. The number of aromatic nitrogens is 1. The van der Waals surface area contributed by atoms with Gasteiger partial charge in [0.25, 0.3) is 5.56 Å². The van der Waals surface area contributed by atoms with Crippen LogP contribution in [0, 0.1) is 6.92 Å². The molecule has 7 nitrogen and oxygen atoms in total. The van der Waals surface area contributed by atoms with E-state index in [9.17, 15) is 18.8 Å². The Hall–Kier alpha value is -2.84. The molecule has 0 aliphatic rings. The van der Waals surface area contributed by atoms with Gasteiger partial charge in [0.05, 0.1) is 12.0 Å². The topological polar surface area (TPSA) is 109 Å². The van der Waals surface area contributed by atoms with Crippen molar-refractivity contribution in [2.45, 2.75) is 72.8 Å². The molecule has 1 amide bonds. The molecule has 0 aliphatic carbocycles. The van der Waals surface area contributed by atoms with E-state index >= 15 is 0 Å². The molecule has 2 rings (SSSR count). The van der Waals surface area contributed by atoms with Gasteiger partial charge in [-0.2, -0.15) is 0 Å². The Morgan fingerprint density at radius 2 is 1.61 bits per heavy atom. The molecule has 0 saturated carbocycles. The first-order valence-corrected chi connectivity index (χ1v) is 11.1. The SMILES string of the molecule is CC.CC(O)O.Cc1ccn(CCc2ccccc2)c(=O)c1C(C)C(=O)NC(C)C(=O)CF. The molecule has 0 bridgehead atoms. The number of Topliss-reactive ketones (excluding diaryl/α,β-unsaturated/α-hetero) is 1. The quantitative estimate of drug-likeness (QED) is 0.521. The summed E-state index contributed by atoms with van der Waals surface area (Å²) in [7, 11) is 0. The lowest BCUT2D eigenvalue weighted by molar-refractivity contribution is -0.128. The zero-order valence-electron chi connectivity index (χ0n) is 20.3. The average molecular weight is 465 g/mol. The summed E-state index contributed by atoms with van der Waals surface area (Å²) in [4.78, 5) is 36.7. The van der Waals surface area contributed by atoms with E-state index in [4.69, 9.17) is 10.2 Å². The van der Waals surface area contributed by atoms with Gasteiger partial charge in [0.15, 0.2) is 5.78 Å². The predicted molar refractivity (Wildman–Crippen MR) is 128 cm³/mol. The largest absolute Gasteiger partial charge is 0.368 e. The molecule has 184 valence electrons. The van der Waals surface area contributed by atoms with Gasteiger partial charge in [0.1, 0.15) is 13.0 Å². The summed E-state index contributed by atoms with van der Waals surface area (Å²) < 4.78 is 14.1. The molecule has 0 spiro atoms. The lowest BCUT2D eigenvalue weighted by atomic mass is 9.96. The number of carbonyl (C=O) groups excluding carboxylic acids is 2. The van der Waals surface area contributed by atoms with Gasteiger partial charge in [-0.05, 0) is 51.3 Å². The first kappa shape index (κ1) is 30.2. The number of carbonyl (C=O) groups is 2. The van der Waals surface area contributed by atoms with Gasteiger partial charge in [-0.15, -0.1) is 0 Å². The number of alkyl halides is 1. The molecule has 0 fully saturated rings. The minimum absolute atomic E-state index is 0.224. The van der Waals surface area contributed by atoms with Crippen molar-refractivity contribution in [3.63, 3.8) is 0 Å². The standard InChI is InChI=1S/C21H25FN2O3.C2H6O2.C2H6/c1-14-9-11-24(12-10-17-7-5-4-6-8-17)21(27)19(14)15(2)20(26)23-16(3)18(25)13-22;1-2(3)4;1-2/h4-9,11,15-16H,10,12-13H2,1-3H3,(H,23,26);2-4H,1H3;1-2H3. The highest BCUT2D eigenvalue weighted by Gasteiger charge is 2.24. The Bertz CT molecular complexity index is 910. The van der Waals surface area contributed by atoms with E-state index in [1.807, 2.05) is 50.2 Å². The molecule has 0 radical (unpaired) electrons. The van der Waals surface area contributed by atoms with E-state index in [1.54, 1.807) is 24.6 Å². The third-order valence-corrected chi connectivity index (χ3v) is 4.70. The monoisotopic (exact) mass is 464 g/mol. The number of pyridine rings is 1. The Balaban J connectivity index is 0.00000154. The van der Waals surface area contributed by atoms with Crippen LogP contribution in [0.2, 0.25) is 0 Å². The number of aliphatic hydroxyl groups excluding tert-OH is 1. The van der Waals surface area contributed by atoms with Crippen LogP contribution in [-0.2, 0) is 22.6 Å². The maximum atomic E-state index is 12.9. The van der Waals surface area contributed by atoms with Gasteiger partial charge < -0.3 is 20.1 Å². The van der Waals surface area contributed by atoms with Crippen molar-refractivity contribution in [3.8, 4) is 0 Å². The number of hydrogen-bond donors (Lipinski definition) is 3. The van der Waals surface area contributed by atoms with Crippen LogP contribution in [0.15, 0.2) is 47.4 Å². The number of hydrogen-bond acceptors (Lipinski definition) is 5. The summed E-state index contributed by atoms with van der Waals surface area (Å²) in [6, 6.07) is 10.7. The number of ketones is 1. The molecule has 2 aromatic rings. The smallest absolute Gasteiger partial charge is 0.254 e. The number of nitrogens with zero attached hydrogens (tertiary/aromatic N) is 1. The number of nitrogens with one attached hydrogen (secondary N) is 1. The Morgan fingerprint density at radius 1 is 1.06 bits per heavy atom. The molecule has 3 N–H and O–H groups in total. The van der Waals surface area contributed by atoms with Crippen molar-refractivity contribution in [1.82, 2.24) is 9.88 Å². The highest BCUT2D eigenvalue weighted by atomic mass is 19.1. The van der Waals surface area contributed by atoms with Crippen LogP contribution in [0.3, 0.4) is 0 Å². The molecule has 2 unspecified atom stereocenters. The second-order valence-corrected chi connectivity index (χ2v) is 7.33. The fourth-order valence-corrected chi connectivity index (χ4v) is 2.95. The first-order valence-electron chi connectivity index (χ1n) is 11.1. The fourth-order valence-electron chi connectivity index (χ4n) is 2.95. The van der Waals surface area contributed by atoms with Crippen molar-refractivity contribution < 1.29 is 24.2 Å². The van der Waals surface area contributed by atoms with Gasteiger partial charge in [0.2, 0.25) is 5.91 Å². The third kappa shape index (κ3) is 10.5. The minimum atomic E-state index is -1.17. The molecule has 0 aliphatic heterocycles. The summed E-state index contributed by atoms with van der Waals surface area (Å²) >= 11 is 0. The van der Waals surface area contributed by atoms with Gasteiger partial charge in [0, 0.05) is 18.3 Å². The van der Waals surface area contributed by atoms with Gasteiger partial charge >= 0.3 is 0 Å². The molecule has 8 heteroatoms. The summed E-state index contributed by atoms with van der Waals surface area (Å²) in [6.07, 6.45) is 1.26. The summed E-state index contributed by atoms with van der Waals surface area (Å²) in [6.45, 7) is 9.47. The predicted octanol–water partition coefficient (Wildman–Crippen LogP) is 2.89. The Kier molecular flexibility index (Phi) is 14.5. The highest BCUT2D eigenvalue weighted by Crippen LogP contribution is 2.16. The normalized spacial score (nSPS) is 11.9. The van der Waals surface area contributed by atoms with Crippen molar-refractivity contribution in [2.75, 3.05) is 6.67 Å².